The van der Waals surface area contributed by atoms with Crippen LogP contribution in [0.15, 0.2) is 42.5 Å². The van der Waals surface area contributed by atoms with Gasteiger partial charge in [0.2, 0.25) is 21.8 Å². The van der Waals surface area contributed by atoms with Crippen LogP contribution in [0.4, 0.5) is 10.1 Å². The SMILES string of the molecule is CCCCNC(=O)C(C)N(Cc1ccc(F)cc1)C(=O)CCCN(c1ccc2c(c1)OCCO2)S(C)(=O)=O. The summed E-state index contributed by atoms with van der Waals surface area (Å²) in [6.07, 6.45) is 3.10. The Balaban J connectivity index is 1.71. The zero-order valence-electron chi connectivity index (χ0n) is 22.1. The summed E-state index contributed by atoms with van der Waals surface area (Å²) in [5.41, 5.74) is 1.10. The molecule has 0 aliphatic carbocycles. The summed E-state index contributed by atoms with van der Waals surface area (Å²) in [7, 11) is -3.65. The third kappa shape index (κ3) is 8.08. The molecular weight excluding hydrogens is 513 g/mol. The van der Waals surface area contributed by atoms with Gasteiger partial charge in [-0.25, -0.2) is 12.8 Å². The Hall–Kier alpha value is -3.34. The van der Waals surface area contributed by atoms with Crippen molar-refractivity contribution >= 4 is 27.5 Å². The first-order valence-corrected chi connectivity index (χ1v) is 14.6. The molecule has 1 unspecified atom stereocenters. The Morgan fingerprint density at radius 2 is 1.74 bits per heavy atom. The minimum atomic E-state index is -3.65. The van der Waals surface area contributed by atoms with Crippen molar-refractivity contribution in [1.82, 2.24) is 10.2 Å². The van der Waals surface area contributed by atoms with Gasteiger partial charge in [0.05, 0.1) is 11.9 Å². The molecule has 11 heteroatoms. The summed E-state index contributed by atoms with van der Waals surface area (Å²) < 4.78 is 50.9. The largest absolute Gasteiger partial charge is 0.486 e. The van der Waals surface area contributed by atoms with Crippen LogP contribution in [0.1, 0.15) is 45.1 Å². The van der Waals surface area contributed by atoms with Gasteiger partial charge in [-0.15, -0.1) is 0 Å². The Kier molecular flexibility index (Phi) is 10.3. The molecule has 38 heavy (non-hydrogen) atoms. The molecule has 2 aromatic rings. The summed E-state index contributed by atoms with van der Waals surface area (Å²) >= 11 is 0. The number of ether oxygens (including phenoxy) is 2. The standard InChI is InChI=1S/C27H36FN3O6S/c1-4-5-14-29-27(33)20(2)30(19-21-8-10-22(28)11-9-21)26(32)7-6-15-31(38(3,34)35)23-12-13-24-25(18-23)37-17-16-36-24/h8-13,18,20H,4-7,14-17,19H2,1-3H3,(H,29,33). The van der Waals surface area contributed by atoms with Crippen molar-refractivity contribution in [3.63, 3.8) is 0 Å². The van der Waals surface area contributed by atoms with E-state index in [-0.39, 0.29) is 37.7 Å². The van der Waals surface area contributed by atoms with E-state index in [1.54, 1.807) is 37.3 Å². The van der Waals surface area contributed by atoms with E-state index >= 15 is 0 Å². The predicted molar refractivity (Wildman–Crippen MR) is 143 cm³/mol. The Morgan fingerprint density at radius 3 is 2.39 bits per heavy atom. The highest BCUT2D eigenvalue weighted by molar-refractivity contribution is 7.92. The normalized spacial score (nSPS) is 13.5. The minimum Gasteiger partial charge on any atom is -0.486 e. The number of anilines is 1. The van der Waals surface area contributed by atoms with E-state index in [0.717, 1.165) is 19.1 Å². The van der Waals surface area contributed by atoms with Gasteiger partial charge in [0.1, 0.15) is 25.1 Å². The third-order valence-electron chi connectivity index (χ3n) is 6.23. The summed E-state index contributed by atoms with van der Waals surface area (Å²) in [5, 5.41) is 2.85. The van der Waals surface area contributed by atoms with Crippen molar-refractivity contribution < 1.29 is 31.9 Å². The monoisotopic (exact) mass is 549 g/mol. The zero-order chi connectivity index (χ0) is 27.7. The van der Waals surface area contributed by atoms with Crippen LogP contribution < -0.4 is 19.1 Å². The fourth-order valence-corrected chi connectivity index (χ4v) is 5.05. The number of unbranched alkanes of at least 4 members (excludes halogenated alkanes) is 1. The number of nitrogens with zero attached hydrogens (tertiary/aromatic N) is 2. The van der Waals surface area contributed by atoms with Gasteiger partial charge in [-0.05, 0) is 49.6 Å². The number of hydrogen-bond donors (Lipinski definition) is 1. The molecule has 0 saturated carbocycles. The van der Waals surface area contributed by atoms with Crippen LogP contribution in [0.3, 0.4) is 0 Å². The number of halogens is 1. The lowest BCUT2D eigenvalue weighted by atomic mass is 10.1. The molecular formula is C27H36FN3O6S. The summed E-state index contributed by atoms with van der Waals surface area (Å²) in [6, 6.07) is 9.92. The number of nitrogens with one attached hydrogen (secondary N) is 1. The number of carbonyl (C=O) groups is 2. The lowest BCUT2D eigenvalue weighted by Crippen LogP contribution is -2.48. The molecule has 3 rings (SSSR count). The van der Waals surface area contributed by atoms with Gasteiger partial charge in [-0.1, -0.05) is 25.5 Å². The van der Waals surface area contributed by atoms with E-state index in [4.69, 9.17) is 9.47 Å². The predicted octanol–water partition coefficient (Wildman–Crippen LogP) is 3.48. The van der Waals surface area contributed by atoms with E-state index in [0.29, 0.717) is 42.5 Å². The highest BCUT2D eigenvalue weighted by atomic mass is 32.2. The van der Waals surface area contributed by atoms with Crippen molar-refractivity contribution in [3.05, 3.63) is 53.8 Å². The molecule has 0 spiro atoms. The van der Waals surface area contributed by atoms with Crippen LogP contribution in [0.25, 0.3) is 0 Å². The first kappa shape index (κ1) is 29.2. The lowest BCUT2D eigenvalue weighted by Gasteiger charge is -2.29. The topological polar surface area (TPSA) is 105 Å². The Morgan fingerprint density at radius 1 is 1.05 bits per heavy atom. The second kappa shape index (κ2) is 13.5. The average Bonchev–Trinajstić information content (AvgIpc) is 2.89. The van der Waals surface area contributed by atoms with E-state index in [1.807, 2.05) is 6.92 Å². The highest BCUT2D eigenvalue weighted by Gasteiger charge is 2.27. The van der Waals surface area contributed by atoms with Gasteiger partial charge >= 0.3 is 0 Å². The number of rotatable bonds is 13. The molecule has 1 heterocycles. The first-order valence-electron chi connectivity index (χ1n) is 12.8. The zero-order valence-corrected chi connectivity index (χ0v) is 22.9. The van der Waals surface area contributed by atoms with Gasteiger partial charge in [-0.3, -0.25) is 13.9 Å². The number of benzene rings is 2. The second-order valence-corrected chi connectivity index (χ2v) is 11.1. The van der Waals surface area contributed by atoms with E-state index in [9.17, 15) is 22.4 Å². The smallest absolute Gasteiger partial charge is 0.242 e. The lowest BCUT2D eigenvalue weighted by molar-refractivity contribution is -0.140. The van der Waals surface area contributed by atoms with Crippen LogP contribution in [0, 0.1) is 5.82 Å². The molecule has 2 amide bonds. The molecule has 0 aromatic heterocycles. The number of carbonyl (C=O) groups excluding carboxylic acids is 2. The van der Waals surface area contributed by atoms with Crippen molar-refractivity contribution in [2.24, 2.45) is 0 Å². The second-order valence-electron chi connectivity index (χ2n) is 9.24. The third-order valence-corrected chi connectivity index (χ3v) is 7.42. The molecule has 1 aliphatic rings. The Labute approximate surface area is 224 Å². The molecule has 208 valence electrons. The molecule has 1 N–H and O–H groups in total. The molecule has 1 atom stereocenters. The van der Waals surface area contributed by atoms with Crippen LogP contribution in [0.5, 0.6) is 11.5 Å². The van der Waals surface area contributed by atoms with Gasteiger partial charge in [0.25, 0.3) is 0 Å². The van der Waals surface area contributed by atoms with Crippen molar-refractivity contribution in [2.75, 3.05) is 36.9 Å². The van der Waals surface area contributed by atoms with Crippen LogP contribution in [0.2, 0.25) is 0 Å². The summed E-state index contributed by atoms with van der Waals surface area (Å²) in [6.45, 7) is 5.17. The Bertz CT molecular complexity index is 1210. The van der Waals surface area contributed by atoms with E-state index in [1.165, 1.54) is 21.3 Å². The van der Waals surface area contributed by atoms with Crippen molar-refractivity contribution in [1.29, 1.82) is 0 Å². The maximum absolute atomic E-state index is 13.4. The quantitative estimate of drug-likeness (QED) is 0.384. The summed E-state index contributed by atoms with van der Waals surface area (Å²) in [4.78, 5) is 27.5. The molecule has 0 radical (unpaired) electrons. The van der Waals surface area contributed by atoms with E-state index in [2.05, 4.69) is 5.32 Å². The summed E-state index contributed by atoms with van der Waals surface area (Å²) in [5.74, 6) is 0.0427. The van der Waals surface area contributed by atoms with E-state index < -0.39 is 21.9 Å². The van der Waals surface area contributed by atoms with Gasteiger partial charge in [0.15, 0.2) is 11.5 Å². The molecule has 9 nitrogen and oxygen atoms in total. The number of fused-ring (bicyclic) bond motifs is 1. The molecule has 1 aliphatic heterocycles. The maximum Gasteiger partial charge on any atom is 0.242 e. The van der Waals surface area contributed by atoms with Gasteiger partial charge in [0, 0.05) is 32.1 Å². The number of hydrogen-bond acceptors (Lipinski definition) is 6. The van der Waals surface area contributed by atoms with Crippen LogP contribution in [-0.2, 0) is 26.2 Å². The fraction of sp³-hybridized carbons (Fsp3) is 0.481. The maximum atomic E-state index is 13.4. The molecule has 0 saturated heterocycles. The van der Waals surface area contributed by atoms with Crippen molar-refractivity contribution in [3.8, 4) is 11.5 Å². The van der Waals surface area contributed by atoms with Gasteiger partial charge < -0.3 is 19.7 Å². The number of sulfonamides is 1. The van der Waals surface area contributed by atoms with Crippen molar-refractivity contribution in [2.45, 2.75) is 52.1 Å². The highest BCUT2D eigenvalue weighted by Crippen LogP contribution is 2.34. The molecule has 0 fully saturated rings. The molecule has 0 bridgehead atoms. The number of amides is 2. The minimum absolute atomic E-state index is 0.0182. The fourth-order valence-electron chi connectivity index (χ4n) is 4.10. The van der Waals surface area contributed by atoms with Crippen LogP contribution in [-0.4, -0.2) is 63.7 Å². The average molecular weight is 550 g/mol. The molecule has 2 aromatic carbocycles. The van der Waals surface area contributed by atoms with Gasteiger partial charge in [-0.2, -0.15) is 0 Å². The first-order chi connectivity index (χ1) is 18.1. The van der Waals surface area contributed by atoms with Crippen LogP contribution >= 0.6 is 0 Å².